The molecule has 0 fully saturated rings. The number of carbonyl (C=O) groups is 1. The molecule has 2 aliphatic rings. The van der Waals surface area contributed by atoms with E-state index in [1.54, 1.807) is 29.2 Å². The zero-order valence-electron chi connectivity index (χ0n) is 22.2. The summed E-state index contributed by atoms with van der Waals surface area (Å²) in [5.74, 6) is -0.801. The summed E-state index contributed by atoms with van der Waals surface area (Å²) in [6.45, 7) is 7.98. The van der Waals surface area contributed by atoms with E-state index in [4.69, 9.17) is 34.8 Å². The van der Waals surface area contributed by atoms with Gasteiger partial charge in [0.25, 0.3) is 0 Å². The molecular formula is C32H29Cl3N2O2. The molecule has 0 radical (unpaired) electrons. The summed E-state index contributed by atoms with van der Waals surface area (Å²) in [6, 6.07) is 18.1. The van der Waals surface area contributed by atoms with Crippen molar-refractivity contribution in [1.29, 1.82) is 5.41 Å². The van der Waals surface area contributed by atoms with Crippen LogP contribution in [-0.2, 0) is 4.79 Å². The summed E-state index contributed by atoms with van der Waals surface area (Å²) in [6.07, 6.45) is 0.893. The number of anilines is 1. The first kappa shape index (κ1) is 27.5. The molecule has 2 N–H and O–H groups in total. The van der Waals surface area contributed by atoms with E-state index in [0.717, 1.165) is 16.8 Å². The number of ketones is 1. The number of hydrogen-bond donors (Lipinski definition) is 2. The fraction of sp³-hybridized carbons (Fsp3) is 0.250. The molecule has 39 heavy (non-hydrogen) atoms. The fourth-order valence-electron chi connectivity index (χ4n) is 5.63. The maximum absolute atomic E-state index is 14.0. The van der Waals surface area contributed by atoms with Crippen LogP contribution >= 0.6 is 34.8 Å². The Morgan fingerprint density at radius 2 is 1.67 bits per heavy atom. The predicted octanol–water partition coefficient (Wildman–Crippen LogP) is 9.46. The number of Topliss-reactive ketones (excluding diaryl/α,β-unsaturated/α-hetero) is 1. The maximum atomic E-state index is 14.0. The number of nitrogens with one attached hydrogen (secondary N) is 1. The minimum absolute atomic E-state index is 0.0383. The van der Waals surface area contributed by atoms with Gasteiger partial charge in [-0.1, -0.05) is 90.6 Å². The largest absolute Gasteiger partial charge is 0.507 e. The van der Waals surface area contributed by atoms with Crippen molar-refractivity contribution < 1.29 is 9.90 Å². The number of allylic oxidation sites excluding steroid dienone is 2. The van der Waals surface area contributed by atoms with Crippen LogP contribution in [0.1, 0.15) is 54.9 Å². The number of hydrogen-bond acceptors (Lipinski definition) is 3. The first-order chi connectivity index (χ1) is 18.4. The van der Waals surface area contributed by atoms with Gasteiger partial charge in [-0.05, 0) is 61.1 Å². The zero-order chi connectivity index (χ0) is 28.2. The first-order valence-electron chi connectivity index (χ1n) is 12.7. The van der Waals surface area contributed by atoms with E-state index >= 15 is 0 Å². The third-order valence-electron chi connectivity index (χ3n) is 7.56. The number of aliphatic hydroxyl groups is 1. The number of amidine groups is 1. The molecule has 1 aliphatic heterocycles. The Morgan fingerprint density at radius 1 is 0.974 bits per heavy atom. The molecule has 0 saturated heterocycles. The second-order valence-corrected chi connectivity index (χ2v) is 12.3. The van der Waals surface area contributed by atoms with Crippen LogP contribution < -0.4 is 4.90 Å². The third-order valence-corrected chi connectivity index (χ3v) is 8.53. The summed E-state index contributed by atoms with van der Waals surface area (Å²) in [5.41, 5.74) is 4.91. The monoisotopic (exact) mass is 578 g/mol. The Bertz CT molecular complexity index is 1590. The molecule has 200 valence electrons. The van der Waals surface area contributed by atoms with Crippen molar-refractivity contribution in [1.82, 2.24) is 0 Å². The van der Waals surface area contributed by atoms with E-state index < -0.39 is 5.92 Å². The Kier molecular flexibility index (Phi) is 7.17. The van der Waals surface area contributed by atoms with Crippen LogP contribution in [0.5, 0.6) is 0 Å². The molecule has 5 rings (SSSR count). The van der Waals surface area contributed by atoms with Gasteiger partial charge < -0.3 is 5.11 Å². The summed E-state index contributed by atoms with van der Waals surface area (Å²) in [7, 11) is 0. The highest BCUT2D eigenvalue weighted by atomic mass is 35.5. The lowest BCUT2D eigenvalue weighted by Crippen LogP contribution is -2.45. The van der Waals surface area contributed by atoms with Crippen molar-refractivity contribution in [2.75, 3.05) is 4.90 Å². The van der Waals surface area contributed by atoms with Crippen molar-refractivity contribution in [3.8, 4) is 0 Å². The Labute approximate surface area is 244 Å². The molecule has 1 aliphatic carbocycles. The van der Waals surface area contributed by atoms with Crippen molar-refractivity contribution >= 4 is 57.9 Å². The number of carbonyl (C=O) groups excluding carboxylic acids is 1. The molecule has 3 aromatic carbocycles. The first-order valence-corrected chi connectivity index (χ1v) is 13.9. The number of rotatable bonds is 3. The molecule has 0 spiro atoms. The van der Waals surface area contributed by atoms with Gasteiger partial charge in [-0.25, -0.2) is 0 Å². The topological polar surface area (TPSA) is 64.4 Å². The summed E-state index contributed by atoms with van der Waals surface area (Å²) < 4.78 is 0. The van der Waals surface area contributed by atoms with Crippen LogP contribution in [-0.4, -0.2) is 16.7 Å². The fourth-order valence-corrected chi connectivity index (χ4v) is 6.32. The molecule has 3 aromatic rings. The number of benzene rings is 3. The quantitative estimate of drug-likeness (QED) is 0.304. The predicted molar refractivity (Wildman–Crippen MR) is 161 cm³/mol. The average Bonchev–Trinajstić information content (AvgIpc) is 2.85. The number of halogens is 3. The smallest absolute Gasteiger partial charge is 0.162 e. The molecule has 1 heterocycles. The van der Waals surface area contributed by atoms with Gasteiger partial charge in [0.2, 0.25) is 0 Å². The third kappa shape index (κ3) is 4.91. The Hall–Kier alpha value is -3.05. The van der Waals surface area contributed by atoms with Gasteiger partial charge in [-0.15, -0.1) is 0 Å². The molecule has 0 unspecified atom stereocenters. The van der Waals surface area contributed by atoms with Gasteiger partial charge in [0.15, 0.2) is 5.78 Å². The Morgan fingerprint density at radius 3 is 2.33 bits per heavy atom. The Balaban J connectivity index is 1.90. The highest BCUT2D eigenvalue weighted by Gasteiger charge is 2.47. The van der Waals surface area contributed by atoms with Gasteiger partial charge >= 0.3 is 0 Å². The van der Waals surface area contributed by atoms with Crippen molar-refractivity contribution in [3.05, 3.63) is 115 Å². The van der Waals surface area contributed by atoms with Gasteiger partial charge in [-0.2, -0.15) is 0 Å². The molecular weight excluding hydrogens is 551 g/mol. The van der Waals surface area contributed by atoms with E-state index in [1.165, 1.54) is 0 Å². The molecule has 0 aromatic heterocycles. The van der Waals surface area contributed by atoms with Crippen LogP contribution in [0.3, 0.4) is 0 Å². The van der Waals surface area contributed by atoms with E-state index in [1.807, 2.05) is 50.2 Å². The van der Waals surface area contributed by atoms with Gasteiger partial charge in [0.1, 0.15) is 11.6 Å². The van der Waals surface area contributed by atoms with Crippen LogP contribution in [0.25, 0.3) is 5.76 Å². The van der Waals surface area contributed by atoms with Gasteiger partial charge in [0, 0.05) is 49.8 Å². The van der Waals surface area contributed by atoms with Crippen LogP contribution in [0, 0.1) is 24.7 Å². The molecule has 0 saturated carbocycles. The number of aryl methyl sites for hydroxylation is 1. The average molecular weight is 580 g/mol. The van der Waals surface area contributed by atoms with Crippen LogP contribution in [0.15, 0.2) is 77.5 Å². The van der Waals surface area contributed by atoms with Gasteiger partial charge in [0.05, 0.1) is 5.69 Å². The SMILES string of the molecule is Cc1ccc(/C(O)=C2\C(=N)N(c3cccc(Cl)c3C)C3=C(C(=O)CC(C)(C)C3)[C@H]2c2ccc(Cl)cc2Cl)cc1. The second kappa shape index (κ2) is 10.2. The summed E-state index contributed by atoms with van der Waals surface area (Å²) in [5, 5.41) is 22.8. The van der Waals surface area contributed by atoms with E-state index in [9.17, 15) is 15.3 Å². The molecule has 1 atom stereocenters. The van der Waals surface area contributed by atoms with Crippen LogP contribution in [0.2, 0.25) is 15.1 Å². The van der Waals surface area contributed by atoms with Crippen molar-refractivity contribution in [2.24, 2.45) is 5.41 Å². The lowest BCUT2D eigenvalue weighted by atomic mass is 9.67. The normalized spacial score (nSPS) is 20.3. The van der Waals surface area contributed by atoms with E-state index in [2.05, 4.69) is 13.8 Å². The second-order valence-electron chi connectivity index (χ2n) is 11.1. The molecule has 7 heteroatoms. The standard InChI is InChI=1S/C32H29Cl3N2O2/c1-17-8-10-19(11-9-17)30(39)29-27(21-13-12-20(33)14-23(21)35)28-25(15-32(3,4)16-26(28)38)37(31(29)36)24-7-5-6-22(34)18(24)2/h5-14,27,36,39H,15-16H2,1-4H3/b30-29+,36-31?/t27-/m1/s1. The minimum Gasteiger partial charge on any atom is -0.507 e. The highest BCUT2D eigenvalue weighted by molar-refractivity contribution is 6.35. The van der Waals surface area contributed by atoms with Crippen molar-refractivity contribution in [2.45, 2.75) is 46.5 Å². The van der Waals surface area contributed by atoms with Gasteiger partial charge in [-0.3, -0.25) is 15.1 Å². The zero-order valence-corrected chi connectivity index (χ0v) is 24.5. The van der Waals surface area contributed by atoms with E-state index in [-0.39, 0.29) is 22.8 Å². The summed E-state index contributed by atoms with van der Waals surface area (Å²) >= 11 is 19.5. The lowest BCUT2D eigenvalue weighted by molar-refractivity contribution is -0.118. The number of aliphatic hydroxyl groups excluding tert-OH is 1. The minimum atomic E-state index is -0.752. The number of nitrogens with zero attached hydrogens (tertiary/aromatic N) is 1. The summed E-state index contributed by atoms with van der Waals surface area (Å²) in [4.78, 5) is 15.8. The molecule has 0 bridgehead atoms. The molecule has 4 nitrogen and oxygen atoms in total. The lowest BCUT2D eigenvalue weighted by Gasteiger charge is -2.45. The maximum Gasteiger partial charge on any atom is 0.162 e. The van der Waals surface area contributed by atoms with Crippen LogP contribution in [0.4, 0.5) is 5.69 Å². The van der Waals surface area contributed by atoms with E-state index in [0.29, 0.717) is 55.9 Å². The van der Waals surface area contributed by atoms with Crippen molar-refractivity contribution in [3.63, 3.8) is 0 Å². The molecule has 0 amide bonds. The highest BCUT2D eigenvalue weighted by Crippen LogP contribution is 2.53.